The Kier molecular flexibility index (Phi) is 3.73. The fourth-order valence-electron chi connectivity index (χ4n) is 0.878. The molecule has 0 aliphatic heterocycles. The molecule has 0 heterocycles. The van der Waals surface area contributed by atoms with E-state index in [2.05, 4.69) is 21.9 Å². The summed E-state index contributed by atoms with van der Waals surface area (Å²) in [4.78, 5) is 11.4. The average molecular weight is 253 g/mol. The normalized spacial score (nSPS) is 11.5. The van der Waals surface area contributed by atoms with Gasteiger partial charge in [-0.2, -0.15) is 0 Å². The summed E-state index contributed by atoms with van der Waals surface area (Å²) in [5, 5.41) is 0. The molecule has 1 rings (SSSR count). The van der Waals surface area contributed by atoms with Crippen molar-refractivity contribution in [2.45, 2.75) is 13.0 Å². The molecule has 1 unspecified atom stereocenters. The molecule has 1 aromatic rings. The van der Waals surface area contributed by atoms with Crippen molar-refractivity contribution in [1.82, 2.24) is 0 Å². The summed E-state index contributed by atoms with van der Waals surface area (Å²) in [6.45, 7) is 1.65. The van der Waals surface area contributed by atoms with Gasteiger partial charge in [-0.1, -0.05) is 27.9 Å². The third kappa shape index (κ3) is 2.90. The SMILES string of the molecule is C#CC(C)OC(=O)c1cccc(Br)c1. The highest BCUT2D eigenvalue weighted by atomic mass is 79.9. The Morgan fingerprint density at radius 1 is 1.64 bits per heavy atom. The maximum atomic E-state index is 11.4. The van der Waals surface area contributed by atoms with Crippen LogP contribution < -0.4 is 0 Å². The lowest BCUT2D eigenvalue weighted by Gasteiger charge is -2.06. The van der Waals surface area contributed by atoms with E-state index >= 15 is 0 Å². The molecule has 0 bridgehead atoms. The number of esters is 1. The number of carbonyl (C=O) groups excluding carboxylic acids is 1. The highest BCUT2D eigenvalue weighted by molar-refractivity contribution is 9.10. The van der Waals surface area contributed by atoms with Crippen LogP contribution in [0.5, 0.6) is 0 Å². The van der Waals surface area contributed by atoms with Crippen LogP contribution >= 0.6 is 15.9 Å². The first-order chi connectivity index (χ1) is 6.63. The standard InChI is InChI=1S/C11H9BrO2/c1-3-8(2)14-11(13)9-5-4-6-10(12)7-9/h1,4-8H,2H3. The van der Waals surface area contributed by atoms with Gasteiger partial charge < -0.3 is 4.74 Å². The Labute approximate surface area is 91.4 Å². The zero-order chi connectivity index (χ0) is 10.6. The lowest BCUT2D eigenvalue weighted by atomic mass is 10.2. The molecular formula is C11H9BrO2. The topological polar surface area (TPSA) is 26.3 Å². The molecule has 0 N–H and O–H groups in total. The predicted molar refractivity (Wildman–Crippen MR) is 57.9 cm³/mol. The van der Waals surface area contributed by atoms with Crippen LogP contribution in [0.3, 0.4) is 0 Å². The average Bonchev–Trinajstić information content (AvgIpc) is 2.17. The molecule has 1 atom stereocenters. The molecule has 3 heteroatoms. The van der Waals surface area contributed by atoms with Gasteiger partial charge >= 0.3 is 5.97 Å². The molecule has 0 saturated carbocycles. The fraction of sp³-hybridized carbons (Fsp3) is 0.182. The number of hydrogen-bond acceptors (Lipinski definition) is 2. The first kappa shape index (κ1) is 10.8. The molecule has 0 amide bonds. The van der Waals surface area contributed by atoms with Crippen molar-refractivity contribution in [3.05, 3.63) is 34.3 Å². The minimum Gasteiger partial charge on any atom is -0.446 e. The smallest absolute Gasteiger partial charge is 0.339 e. The molecule has 14 heavy (non-hydrogen) atoms. The Bertz CT molecular complexity index is 379. The van der Waals surface area contributed by atoms with Gasteiger partial charge in [-0.05, 0) is 25.1 Å². The second-order valence-corrected chi connectivity index (χ2v) is 3.64. The molecule has 1 aromatic carbocycles. The van der Waals surface area contributed by atoms with E-state index in [0.717, 1.165) is 4.47 Å². The molecule has 0 aliphatic rings. The van der Waals surface area contributed by atoms with Gasteiger partial charge in [-0.3, -0.25) is 0 Å². The van der Waals surface area contributed by atoms with Crippen LogP contribution in [0.15, 0.2) is 28.7 Å². The lowest BCUT2D eigenvalue weighted by Crippen LogP contribution is -2.12. The number of rotatable bonds is 2. The number of carbonyl (C=O) groups is 1. The van der Waals surface area contributed by atoms with Crippen LogP contribution in [-0.4, -0.2) is 12.1 Å². The Balaban J connectivity index is 2.76. The van der Waals surface area contributed by atoms with E-state index in [9.17, 15) is 4.79 Å². The van der Waals surface area contributed by atoms with Crippen LogP contribution in [0.1, 0.15) is 17.3 Å². The summed E-state index contributed by atoms with van der Waals surface area (Å²) in [6, 6.07) is 6.96. The minimum absolute atomic E-state index is 0.406. The molecule has 0 spiro atoms. The minimum atomic E-state index is -0.499. The third-order valence-electron chi connectivity index (χ3n) is 1.58. The number of hydrogen-bond donors (Lipinski definition) is 0. The Morgan fingerprint density at radius 2 is 2.36 bits per heavy atom. The largest absolute Gasteiger partial charge is 0.446 e. The Morgan fingerprint density at radius 3 is 2.93 bits per heavy atom. The van der Waals surface area contributed by atoms with Crippen LogP contribution in [0, 0.1) is 12.3 Å². The van der Waals surface area contributed by atoms with Crippen molar-refractivity contribution in [3.63, 3.8) is 0 Å². The van der Waals surface area contributed by atoms with Gasteiger partial charge in [0.2, 0.25) is 0 Å². The van der Waals surface area contributed by atoms with Crippen molar-refractivity contribution < 1.29 is 9.53 Å². The lowest BCUT2D eigenvalue weighted by molar-refractivity contribution is 0.0439. The third-order valence-corrected chi connectivity index (χ3v) is 2.07. The molecule has 0 saturated heterocycles. The van der Waals surface area contributed by atoms with Gasteiger partial charge in [0, 0.05) is 4.47 Å². The van der Waals surface area contributed by atoms with Gasteiger partial charge in [0.25, 0.3) is 0 Å². The summed E-state index contributed by atoms with van der Waals surface area (Å²) < 4.78 is 5.78. The summed E-state index contributed by atoms with van der Waals surface area (Å²) in [7, 11) is 0. The molecule has 0 fully saturated rings. The monoisotopic (exact) mass is 252 g/mol. The zero-order valence-electron chi connectivity index (χ0n) is 7.66. The summed E-state index contributed by atoms with van der Waals surface area (Å²) in [5.41, 5.74) is 0.487. The van der Waals surface area contributed by atoms with E-state index in [0.29, 0.717) is 5.56 Å². The van der Waals surface area contributed by atoms with E-state index in [1.165, 1.54) is 0 Å². The second kappa shape index (κ2) is 4.83. The second-order valence-electron chi connectivity index (χ2n) is 2.72. The van der Waals surface area contributed by atoms with Crippen molar-refractivity contribution in [3.8, 4) is 12.3 Å². The van der Waals surface area contributed by atoms with Crippen molar-refractivity contribution in [2.75, 3.05) is 0 Å². The summed E-state index contributed by atoms with van der Waals surface area (Å²) in [5.74, 6) is 1.92. The first-order valence-electron chi connectivity index (χ1n) is 4.06. The molecule has 72 valence electrons. The predicted octanol–water partition coefficient (Wildman–Crippen LogP) is 2.63. The fourth-order valence-corrected chi connectivity index (χ4v) is 1.28. The number of benzene rings is 1. The highest BCUT2D eigenvalue weighted by Crippen LogP contribution is 2.12. The maximum absolute atomic E-state index is 11.4. The molecular weight excluding hydrogens is 244 g/mol. The number of halogens is 1. The molecule has 0 aromatic heterocycles. The van der Waals surface area contributed by atoms with Crippen molar-refractivity contribution in [1.29, 1.82) is 0 Å². The first-order valence-corrected chi connectivity index (χ1v) is 4.85. The van der Waals surface area contributed by atoms with Gasteiger partial charge in [0.15, 0.2) is 6.10 Å². The van der Waals surface area contributed by atoms with Gasteiger partial charge in [-0.25, -0.2) is 4.79 Å². The maximum Gasteiger partial charge on any atom is 0.339 e. The zero-order valence-corrected chi connectivity index (χ0v) is 9.24. The van der Waals surface area contributed by atoms with E-state index in [1.807, 2.05) is 6.07 Å². The molecule has 0 radical (unpaired) electrons. The summed E-state index contributed by atoms with van der Waals surface area (Å²) >= 11 is 3.27. The Hall–Kier alpha value is -1.27. The highest BCUT2D eigenvalue weighted by Gasteiger charge is 2.09. The van der Waals surface area contributed by atoms with Crippen molar-refractivity contribution in [2.24, 2.45) is 0 Å². The molecule has 2 nitrogen and oxygen atoms in total. The van der Waals surface area contributed by atoms with Crippen LogP contribution in [0.25, 0.3) is 0 Å². The van der Waals surface area contributed by atoms with Crippen LogP contribution in [-0.2, 0) is 4.74 Å². The van der Waals surface area contributed by atoms with Gasteiger partial charge in [0.1, 0.15) is 0 Å². The van der Waals surface area contributed by atoms with E-state index in [-0.39, 0.29) is 0 Å². The number of terminal acetylenes is 1. The number of ether oxygens (including phenoxy) is 1. The van der Waals surface area contributed by atoms with E-state index in [1.54, 1.807) is 25.1 Å². The van der Waals surface area contributed by atoms with Crippen LogP contribution in [0.4, 0.5) is 0 Å². The van der Waals surface area contributed by atoms with Crippen LogP contribution in [0.2, 0.25) is 0 Å². The van der Waals surface area contributed by atoms with Crippen molar-refractivity contribution >= 4 is 21.9 Å². The van der Waals surface area contributed by atoms with Gasteiger partial charge in [0.05, 0.1) is 5.56 Å². The van der Waals surface area contributed by atoms with Gasteiger partial charge in [-0.15, -0.1) is 6.42 Å². The summed E-state index contributed by atoms with van der Waals surface area (Å²) in [6.07, 6.45) is 4.59. The van der Waals surface area contributed by atoms with E-state index < -0.39 is 12.1 Å². The quantitative estimate of drug-likeness (QED) is 0.598. The van der Waals surface area contributed by atoms with E-state index in [4.69, 9.17) is 11.2 Å². The molecule has 0 aliphatic carbocycles.